The largest absolute Gasteiger partial charge is 0.349 e. The molecular formula is C18H20N6O2. The van der Waals surface area contributed by atoms with Crippen LogP contribution in [0.2, 0.25) is 0 Å². The highest BCUT2D eigenvalue weighted by atomic mass is 16.2. The summed E-state index contributed by atoms with van der Waals surface area (Å²) in [5, 5.41) is 7.58. The molecular weight excluding hydrogens is 332 g/mol. The Hall–Kier alpha value is -2.90. The van der Waals surface area contributed by atoms with Crippen molar-refractivity contribution in [1.82, 2.24) is 29.6 Å². The van der Waals surface area contributed by atoms with Crippen LogP contribution in [-0.4, -0.2) is 42.1 Å². The van der Waals surface area contributed by atoms with Gasteiger partial charge < -0.3 is 9.47 Å². The maximum atomic E-state index is 13.4. The monoisotopic (exact) mass is 352 g/mol. The van der Waals surface area contributed by atoms with E-state index in [1.807, 2.05) is 34.8 Å². The molecule has 2 unspecified atom stereocenters. The molecule has 0 spiro atoms. The molecule has 134 valence electrons. The van der Waals surface area contributed by atoms with E-state index in [0.29, 0.717) is 29.9 Å². The van der Waals surface area contributed by atoms with Crippen molar-refractivity contribution >= 4 is 16.8 Å². The number of carbonyl (C=O) groups is 1. The van der Waals surface area contributed by atoms with Gasteiger partial charge in [-0.2, -0.15) is 5.10 Å². The first-order valence-corrected chi connectivity index (χ1v) is 8.99. The van der Waals surface area contributed by atoms with Crippen LogP contribution in [0.15, 0.2) is 29.3 Å². The van der Waals surface area contributed by atoms with E-state index < -0.39 is 0 Å². The van der Waals surface area contributed by atoms with E-state index in [2.05, 4.69) is 20.2 Å². The molecule has 5 rings (SSSR count). The van der Waals surface area contributed by atoms with Crippen molar-refractivity contribution in [2.24, 2.45) is 18.9 Å². The topological polar surface area (TPSA) is 99.7 Å². The fraction of sp³-hybridized carbons (Fsp3) is 0.444. The standard InChI is InChI=1S/C18H20N6O2/c1-23-8-5-11-4-7-19-13(14(11)23)17(25)24-9-6-12(10-2-3-10)15(24)16-20-18(26)22-21-16/h4-5,7-8,10,12,15H,2-3,6,9H2,1H3,(H2,20,21,22,26). The van der Waals surface area contributed by atoms with Gasteiger partial charge in [-0.25, -0.2) is 14.9 Å². The van der Waals surface area contributed by atoms with E-state index in [4.69, 9.17) is 0 Å². The van der Waals surface area contributed by atoms with Crippen LogP contribution in [0.5, 0.6) is 0 Å². The summed E-state index contributed by atoms with van der Waals surface area (Å²) in [5.74, 6) is 1.40. The lowest BCUT2D eigenvalue weighted by Crippen LogP contribution is -2.34. The lowest BCUT2D eigenvalue weighted by atomic mass is 9.94. The molecule has 2 aliphatic rings. The Bertz CT molecular complexity index is 1040. The van der Waals surface area contributed by atoms with Gasteiger partial charge in [0.1, 0.15) is 0 Å². The number of H-pyrrole nitrogens is 2. The highest BCUT2D eigenvalue weighted by Gasteiger charge is 2.47. The van der Waals surface area contributed by atoms with Gasteiger partial charge in [-0.15, -0.1) is 0 Å². The van der Waals surface area contributed by atoms with Crippen molar-refractivity contribution < 1.29 is 4.79 Å². The molecule has 1 aliphatic carbocycles. The Balaban J connectivity index is 1.58. The summed E-state index contributed by atoms with van der Waals surface area (Å²) < 4.78 is 1.93. The first-order chi connectivity index (χ1) is 12.6. The third-order valence-electron chi connectivity index (χ3n) is 5.72. The van der Waals surface area contributed by atoms with E-state index in [1.165, 1.54) is 12.8 Å². The number of aryl methyl sites for hydroxylation is 1. The molecule has 3 aromatic heterocycles. The maximum Gasteiger partial charge on any atom is 0.340 e. The molecule has 8 nitrogen and oxygen atoms in total. The van der Waals surface area contributed by atoms with Crippen LogP contribution in [0.1, 0.15) is 41.6 Å². The Morgan fingerprint density at radius 1 is 1.27 bits per heavy atom. The molecule has 0 bridgehead atoms. The van der Waals surface area contributed by atoms with Crippen LogP contribution < -0.4 is 5.69 Å². The van der Waals surface area contributed by atoms with Crippen LogP contribution in [-0.2, 0) is 7.05 Å². The van der Waals surface area contributed by atoms with Gasteiger partial charge in [0, 0.05) is 31.4 Å². The van der Waals surface area contributed by atoms with Crippen LogP contribution >= 0.6 is 0 Å². The first-order valence-electron chi connectivity index (χ1n) is 8.99. The summed E-state index contributed by atoms with van der Waals surface area (Å²) in [6.07, 6.45) is 6.91. The fourth-order valence-corrected chi connectivity index (χ4v) is 4.37. The quantitative estimate of drug-likeness (QED) is 0.748. The van der Waals surface area contributed by atoms with E-state index in [9.17, 15) is 9.59 Å². The van der Waals surface area contributed by atoms with Gasteiger partial charge >= 0.3 is 5.69 Å². The van der Waals surface area contributed by atoms with Crippen molar-refractivity contribution in [3.8, 4) is 0 Å². The average molecular weight is 352 g/mol. The van der Waals surface area contributed by atoms with Crippen LogP contribution in [0.25, 0.3) is 10.9 Å². The van der Waals surface area contributed by atoms with Crippen molar-refractivity contribution in [3.63, 3.8) is 0 Å². The number of rotatable bonds is 3. The van der Waals surface area contributed by atoms with Gasteiger partial charge in [-0.1, -0.05) is 0 Å². The number of amides is 1. The summed E-state index contributed by atoms with van der Waals surface area (Å²) in [5.41, 5.74) is 0.951. The number of nitrogens with zero attached hydrogens (tertiary/aromatic N) is 4. The zero-order valence-electron chi connectivity index (χ0n) is 14.5. The Morgan fingerprint density at radius 3 is 2.85 bits per heavy atom. The van der Waals surface area contributed by atoms with Gasteiger partial charge in [-0.05, 0) is 43.2 Å². The van der Waals surface area contributed by atoms with E-state index in [0.717, 1.165) is 17.3 Å². The van der Waals surface area contributed by atoms with Crippen molar-refractivity contribution in [2.75, 3.05) is 6.54 Å². The second-order valence-electron chi connectivity index (χ2n) is 7.32. The number of nitrogens with one attached hydrogen (secondary N) is 2. The van der Waals surface area contributed by atoms with E-state index in [1.54, 1.807) is 6.20 Å². The fourth-order valence-electron chi connectivity index (χ4n) is 4.37. The Morgan fingerprint density at radius 2 is 2.12 bits per heavy atom. The molecule has 0 aromatic carbocycles. The van der Waals surface area contributed by atoms with Crippen molar-refractivity contribution in [3.05, 3.63) is 46.5 Å². The molecule has 0 radical (unpaired) electrons. The number of aromatic nitrogens is 5. The smallest absolute Gasteiger partial charge is 0.340 e. The highest BCUT2D eigenvalue weighted by Crippen LogP contribution is 2.50. The highest BCUT2D eigenvalue weighted by molar-refractivity contribution is 6.04. The van der Waals surface area contributed by atoms with Crippen LogP contribution in [0.3, 0.4) is 0 Å². The second kappa shape index (κ2) is 5.55. The lowest BCUT2D eigenvalue weighted by Gasteiger charge is -2.26. The van der Waals surface area contributed by atoms with Gasteiger partial charge in [0.05, 0.1) is 11.6 Å². The summed E-state index contributed by atoms with van der Waals surface area (Å²) in [6.45, 7) is 0.655. The Kier molecular flexibility index (Phi) is 3.28. The number of pyridine rings is 1. The maximum absolute atomic E-state index is 13.4. The number of hydrogen-bond donors (Lipinski definition) is 2. The molecule has 2 atom stereocenters. The normalized spacial score (nSPS) is 23.0. The predicted molar refractivity (Wildman–Crippen MR) is 94.5 cm³/mol. The van der Waals surface area contributed by atoms with E-state index in [-0.39, 0.29) is 17.6 Å². The minimum atomic E-state index is -0.337. The molecule has 4 heterocycles. The molecule has 1 amide bonds. The molecule has 1 saturated heterocycles. The summed E-state index contributed by atoms with van der Waals surface area (Å²) in [6, 6.07) is 3.69. The van der Waals surface area contributed by atoms with Gasteiger partial charge in [0.15, 0.2) is 11.5 Å². The molecule has 2 N–H and O–H groups in total. The predicted octanol–water partition coefficient (Wildman–Crippen LogP) is 1.60. The molecule has 1 aliphatic heterocycles. The summed E-state index contributed by atoms with van der Waals surface area (Å²) in [4.78, 5) is 34.0. The number of likely N-dealkylation sites (tertiary alicyclic amines) is 1. The lowest BCUT2D eigenvalue weighted by molar-refractivity contribution is 0.0700. The molecule has 8 heteroatoms. The first kappa shape index (κ1) is 15.4. The molecule has 1 saturated carbocycles. The van der Waals surface area contributed by atoms with Crippen molar-refractivity contribution in [2.45, 2.75) is 25.3 Å². The Labute approximate surface area is 149 Å². The number of aromatic amines is 2. The van der Waals surface area contributed by atoms with E-state index >= 15 is 0 Å². The number of fused-ring (bicyclic) bond motifs is 1. The number of hydrogen-bond acceptors (Lipinski definition) is 4. The third kappa shape index (κ3) is 2.28. The zero-order chi connectivity index (χ0) is 17.8. The third-order valence-corrected chi connectivity index (χ3v) is 5.72. The summed E-state index contributed by atoms with van der Waals surface area (Å²) >= 11 is 0. The minimum Gasteiger partial charge on any atom is -0.349 e. The van der Waals surface area contributed by atoms with Gasteiger partial charge in [-0.3, -0.25) is 9.78 Å². The molecule has 3 aromatic rings. The molecule has 26 heavy (non-hydrogen) atoms. The van der Waals surface area contributed by atoms with Gasteiger partial charge in [0.2, 0.25) is 0 Å². The van der Waals surface area contributed by atoms with Crippen LogP contribution in [0.4, 0.5) is 0 Å². The van der Waals surface area contributed by atoms with Gasteiger partial charge in [0.25, 0.3) is 5.91 Å². The zero-order valence-corrected chi connectivity index (χ0v) is 14.5. The van der Waals surface area contributed by atoms with Crippen molar-refractivity contribution in [1.29, 1.82) is 0 Å². The summed E-state index contributed by atoms with van der Waals surface area (Å²) in [7, 11) is 1.92. The van der Waals surface area contributed by atoms with Crippen LogP contribution in [0, 0.1) is 11.8 Å². The minimum absolute atomic E-state index is 0.102. The molecule has 2 fully saturated rings. The SMILES string of the molecule is Cn1ccc2ccnc(C(=O)N3CCC(C4CC4)C3c3n[nH]c(=O)[nH]3)c21. The average Bonchev–Trinajstić information content (AvgIpc) is 3.06. The second-order valence-corrected chi connectivity index (χ2v) is 7.32. The number of carbonyl (C=O) groups excluding carboxylic acids is 1.